The second kappa shape index (κ2) is 10.3. The first-order chi connectivity index (χ1) is 13.7. The zero-order valence-electron chi connectivity index (χ0n) is 17.3. The quantitative estimate of drug-likeness (QED) is 0.547. The topological polar surface area (TPSA) is 60.9 Å². The highest BCUT2D eigenvalue weighted by molar-refractivity contribution is 9.10. The number of amides is 1. The summed E-state index contributed by atoms with van der Waals surface area (Å²) in [6.07, 6.45) is 0. The third-order valence-electron chi connectivity index (χ3n) is 4.76. The molecule has 0 heterocycles. The molecule has 29 heavy (non-hydrogen) atoms. The smallest absolute Gasteiger partial charge is 0.258 e. The van der Waals surface area contributed by atoms with Gasteiger partial charge in [-0.2, -0.15) is 0 Å². The van der Waals surface area contributed by atoms with Gasteiger partial charge in [0.25, 0.3) is 5.91 Å². The lowest BCUT2D eigenvalue weighted by molar-refractivity contribution is 0.0983. The largest absolute Gasteiger partial charge is 0.307 e. The van der Waals surface area contributed by atoms with Crippen molar-refractivity contribution in [2.45, 2.75) is 18.7 Å². The molecule has 0 unspecified atom stereocenters. The summed E-state index contributed by atoms with van der Waals surface area (Å²) < 4.78 is 27.0. The van der Waals surface area contributed by atoms with Crippen molar-refractivity contribution in [1.29, 1.82) is 0 Å². The van der Waals surface area contributed by atoms with Crippen LogP contribution in [0.5, 0.6) is 0 Å². The van der Waals surface area contributed by atoms with E-state index < -0.39 is 10.0 Å². The second-order valence-electron chi connectivity index (χ2n) is 6.78. The van der Waals surface area contributed by atoms with E-state index in [2.05, 4.69) is 34.7 Å². The number of sulfonamides is 1. The number of hydrogen-bond acceptors (Lipinski definition) is 4. The molecule has 2 rings (SSSR count). The Morgan fingerprint density at radius 3 is 2.21 bits per heavy atom. The summed E-state index contributed by atoms with van der Waals surface area (Å²) in [5.41, 5.74) is 1.10. The Morgan fingerprint density at radius 2 is 1.62 bits per heavy atom. The fourth-order valence-corrected chi connectivity index (χ4v) is 4.26. The minimum absolute atomic E-state index is 0.103. The van der Waals surface area contributed by atoms with E-state index >= 15 is 0 Å². The monoisotopic (exact) mass is 481 g/mol. The molecular formula is C21H28BrN3O3S. The maximum Gasteiger partial charge on any atom is 0.258 e. The molecule has 2 aromatic rings. The van der Waals surface area contributed by atoms with E-state index in [1.54, 1.807) is 17.0 Å². The fraction of sp³-hybridized carbons (Fsp3) is 0.381. The number of rotatable bonds is 9. The lowest BCUT2D eigenvalue weighted by atomic mass is 10.1. The maximum absolute atomic E-state index is 13.4. The Labute approximate surface area is 182 Å². The summed E-state index contributed by atoms with van der Waals surface area (Å²) in [6, 6.07) is 13.8. The molecule has 158 valence electrons. The van der Waals surface area contributed by atoms with Crippen molar-refractivity contribution in [1.82, 2.24) is 9.21 Å². The number of halogens is 1. The van der Waals surface area contributed by atoms with E-state index in [9.17, 15) is 13.2 Å². The fourth-order valence-electron chi connectivity index (χ4n) is 2.93. The molecule has 0 radical (unpaired) electrons. The number of likely N-dealkylation sites (N-methyl/N-ethyl adjacent to an activating group) is 1. The molecule has 6 nitrogen and oxygen atoms in total. The number of hydrogen-bond donors (Lipinski definition) is 0. The first-order valence-corrected chi connectivity index (χ1v) is 11.8. The van der Waals surface area contributed by atoms with Crippen LogP contribution < -0.4 is 4.90 Å². The molecule has 8 heteroatoms. The van der Waals surface area contributed by atoms with Crippen molar-refractivity contribution >= 4 is 37.5 Å². The highest BCUT2D eigenvalue weighted by Gasteiger charge is 2.22. The van der Waals surface area contributed by atoms with Gasteiger partial charge in [-0.1, -0.05) is 41.9 Å². The van der Waals surface area contributed by atoms with Gasteiger partial charge >= 0.3 is 0 Å². The molecule has 0 saturated carbocycles. The minimum atomic E-state index is -3.62. The van der Waals surface area contributed by atoms with E-state index in [4.69, 9.17) is 0 Å². The Hall–Kier alpha value is -1.74. The molecule has 0 aromatic heterocycles. The number of carbonyl (C=O) groups excluding carboxylic acids is 1. The highest BCUT2D eigenvalue weighted by Crippen LogP contribution is 2.23. The molecule has 0 spiro atoms. The molecular weight excluding hydrogens is 454 g/mol. The lowest BCUT2D eigenvalue weighted by Gasteiger charge is -2.27. The van der Waals surface area contributed by atoms with Crippen LogP contribution in [0.25, 0.3) is 0 Å². The van der Waals surface area contributed by atoms with Crippen LogP contribution in [0.15, 0.2) is 57.9 Å². The number of nitrogens with zero attached hydrogens (tertiary/aromatic N) is 3. The number of anilines is 1. The van der Waals surface area contributed by atoms with Crippen LogP contribution in [-0.4, -0.2) is 63.8 Å². The van der Waals surface area contributed by atoms with Gasteiger partial charge in [-0.25, -0.2) is 12.7 Å². The van der Waals surface area contributed by atoms with Crippen LogP contribution in [0.4, 0.5) is 5.69 Å². The van der Waals surface area contributed by atoms with E-state index in [1.807, 2.05) is 24.3 Å². The zero-order chi connectivity index (χ0) is 21.6. The zero-order valence-corrected chi connectivity index (χ0v) is 19.7. The highest BCUT2D eigenvalue weighted by atomic mass is 79.9. The van der Waals surface area contributed by atoms with E-state index in [1.165, 1.54) is 26.2 Å². The Morgan fingerprint density at radius 1 is 0.966 bits per heavy atom. The third-order valence-corrected chi connectivity index (χ3v) is 7.06. The summed E-state index contributed by atoms with van der Waals surface area (Å²) in [4.78, 5) is 17.4. The molecule has 1 amide bonds. The standard InChI is InChI=1S/C21H28BrN3O3S/c1-5-24(6-2)13-14-25(19-11-8-10-18(22)16-19)21(26)17-9-7-12-20(15-17)29(27,28)23(3)4/h7-12,15-16H,5-6,13-14H2,1-4H3. The van der Waals surface area contributed by atoms with Gasteiger partial charge in [0.1, 0.15) is 0 Å². The SMILES string of the molecule is CCN(CC)CCN(C(=O)c1cccc(S(=O)(=O)N(C)C)c1)c1cccc(Br)c1. The van der Waals surface area contributed by atoms with Crippen molar-refractivity contribution in [2.24, 2.45) is 0 Å². The molecule has 0 saturated heterocycles. The van der Waals surface area contributed by atoms with Crippen molar-refractivity contribution in [3.8, 4) is 0 Å². The summed E-state index contributed by atoms with van der Waals surface area (Å²) in [6.45, 7) is 7.19. The first-order valence-electron chi connectivity index (χ1n) is 9.53. The van der Waals surface area contributed by atoms with E-state index in [-0.39, 0.29) is 10.8 Å². The van der Waals surface area contributed by atoms with Crippen molar-refractivity contribution < 1.29 is 13.2 Å². The predicted octanol–water partition coefficient (Wildman–Crippen LogP) is 3.69. The Kier molecular flexibility index (Phi) is 8.39. The minimum Gasteiger partial charge on any atom is -0.307 e. The molecule has 0 N–H and O–H groups in total. The van der Waals surface area contributed by atoms with Crippen LogP contribution in [-0.2, 0) is 10.0 Å². The normalized spacial score (nSPS) is 11.8. The van der Waals surface area contributed by atoms with Gasteiger partial charge in [0.05, 0.1) is 4.90 Å². The van der Waals surface area contributed by atoms with E-state index in [0.29, 0.717) is 12.1 Å². The summed E-state index contributed by atoms with van der Waals surface area (Å²) in [5.74, 6) is -0.230. The van der Waals surface area contributed by atoms with Crippen LogP contribution in [0.1, 0.15) is 24.2 Å². The molecule has 0 fully saturated rings. The maximum atomic E-state index is 13.4. The number of benzene rings is 2. The molecule has 0 atom stereocenters. The molecule has 0 aliphatic heterocycles. The Balaban J connectivity index is 2.41. The Bertz CT molecular complexity index is 944. The predicted molar refractivity (Wildman–Crippen MR) is 121 cm³/mol. The second-order valence-corrected chi connectivity index (χ2v) is 9.85. The molecule has 0 aliphatic rings. The third kappa shape index (κ3) is 5.88. The van der Waals surface area contributed by atoms with Gasteiger partial charge in [0.15, 0.2) is 0 Å². The molecule has 0 aliphatic carbocycles. The summed E-state index contributed by atoms with van der Waals surface area (Å²) in [5, 5.41) is 0. The molecule has 2 aromatic carbocycles. The summed E-state index contributed by atoms with van der Waals surface area (Å²) in [7, 11) is -0.669. The van der Waals surface area contributed by atoms with Gasteiger partial charge in [0, 0.05) is 42.9 Å². The molecule has 0 bridgehead atoms. The van der Waals surface area contributed by atoms with Crippen LogP contribution >= 0.6 is 15.9 Å². The lowest BCUT2D eigenvalue weighted by Crippen LogP contribution is -2.39. The van der Waals surface area contributed by atoms with Gasteiger partial charge in [-0.05, 0) is 49.5 Å². The van der Waals surface area contributed by atoms with Gasteiger partial charge in [-0.3, -0.25) is 4.79 Å². The van der Waals surface area contributed by atoms with E-state index in [0.717, 1.165) is 34.1 Å². The van der Waals surface area contributed by atoms with Crippen molar-refractivity contribution in [3.63, 3.8) is 0 Å². The number of carbonyl (C=O) groups is 1. The summed E-state index contributed by atoms with van der Waals surface area (Å²) >= 11 is 3.46. The van der Waals surface area contributed by atoms with Gasteiger partial charge < -0.3 is 9.80 Å². The average molecular weight is 482 g/mol. The van der Waals surface area contributed by atoms with Crippen molar-refractivity contribution in [3.05, 3.63) is 58.6 Å². The van der Waals surface area contributed by atoms with Crippen LogP contribution in [0.3, 0.4) is 0 Å². The average Bonchev–Trinajstić information content (AvgIpc) is 2.71. The van der Waals surface area contributed by atoms with Crippen LogP contribution in [0.2, 0.25) is 0 Å². The van der Waals surface area contributed by atoms with Gasteiger partial charge in [-0.15, -0.1) is 0 Å². The van der Waals surface area contributed by atoms with Crippen molar-refractivity contribution in [2.75, 3.05) is 45.2 Å². The van der Waals surface area contributed by atoms with Gasteiger partial charge in [0.2, 0.25) is 10.0 Å². The first kappa shape index (κ1) is 23.5. The van der Waals surface area contributed by atoms with Crippen LogP contribution in [0, 0.1) is 0 Å².